The number of halogens is 1. The first kappa shape index (κ1) is 17.9. The molecule has 1 aliphatic carbocycles. The number of aryl methyl sites for hydroxylation is 3. The summed E-state index contributed by atoms with van der Waals surface area (Å²) in [6.07, 6.45) is 3.88. The lowest BCUT2D eigenvalue weighted by Crippen LogP contribution is -2.19. The second-order valence-corrected chi connectivity index (χ2v) is 7.41. The Labute approximate surface area is 155 Å². The molecular weight excluding hydrogens is 362 g/mol. The van der Waals surface area contributed by atoms with Crippen molar-refractivity contribution in [2.45, 2.75) is 46.1 Å². The average Bonchev–Trinajstić information content (AvgIpc) is 3.11. The number of anilines is 1. The normalized spacial score (nSPS) is 13.4. The zero-order valence-corrected chi connectivity index (χ0v) is 16.0. The fourth-order valence-electron chi connectivity index (χ4n) is 3.14. The van der Waals surface area contributed by atoms with E-state index in [1.807, 2.05) is 6.92 Å². The van der Waals surface area contributed by atoms with Gasteiger partial charge < -0.3 is 10.1 Å². The van der Waals surface area contributed by atoms with E-state index in [9.17, 15) is 9.59 Å². The molecule has 0 aromatic carbocycles. The Morgan fingerprint density at radius 2 is 2.08 bits per heavy atom. The summed E-state index contributed by atoms with van der Waals surface area (Å²) < 4.78 is 6.50. The second kappa shape index (κ2) is 7.17. The highest BCUT2D eigenvalue weighted by Gasteiger charge is 2.28. The van der Waals surface area contributed by atoms with Gasteiger partial charge in [0.05, 0.1) is 23.4 Å². The molecule has 0 bridgehead atoms. The van der Waals surface area contributed by atoms with Gasteiger partial charge in [0.25, 0.3) is 5.91 Å². The largest absolute Gasteiger partial charge is 0.465 e. The van der Waals surface area contributed by atoms with E-state index in [1.165, 1.54) is 18.4 Å². The van der Waals surface area contributed by atoms with Crippen molar-refractivity contribution >= 4 is 39.8 Å². The molecule has 2 aromatic rings. The van der Waals surface area contributed by atoms with Gasteiger partial charge in [-0.2, -0.15) is 5.10 Å². The number of ether oxygens (including phenoxy) is 1. The zero-order valence-electron chi connectivity index (χ0n) is 14.4. The van der Waals surface area contributed by atoms with Crippen LogP contribution in [0.25, 0.3) is 0 Å². The van der Waals surface area contributed by atoms with Gasteiger partial charge in [0.1, 0.15) is 10.7 Å². The van der Waals surface area contributed by atoms with E-state index in [0.717, 1.165) is 36.1 Å². The van der Waals surface area contributed by atoms with Crippen LogP contribution in [0, 0.1) is 6.92 Å². The van der Waals surface area contributed by atoms with E-state index in [-0.39, 0.29) is 5.91 Å². The molecule has 3 rings (SSSR count). The SMILES string of the molecule is CCn1nc(C)c(Cl)c1C(=O)Nc1sc2c(c1C(=O)OC)CCCC2. The summed E-state index contributed by atoms with van der Waals surface area (Å²) in [4.78, 5) is 26.2. The Hall–Kier alpha value is -1.86. The van der Waals surface area contributed by atoms with Crippen LogP contribution in [-0.2, 0) is 24.1 Å². The van der Waals surface area contributed by atoms with Crippen LogP contribution in [0.3, 0.4) is 0 Å². The molecule has 0 aliphatic heterocycles. The van der Waals surface area contributed by atoms with Gasteiger partial charge in [-0.25, -0.2) is 4.79 Å². The summed E-state index contributed by atoms with van der Waals surface area (Å²) in [5.74, 6) is -0.780. The van der Waals surface area contributed by atoms with Crippen LogP contribution < -0.4 is 5.32 Å². The van der Waals surface area contributed by atoms with Crippen LogP contribution in [0.5, 0.6) is 0 Å². The van der Waals surface area contributed by atoms with Crippen LogP contribution >= 0.6 is 22.9 Å². The number of thiophene rings is 1. The van der Waals surface area contributed by atoms with Crippen molar-refractivity contribution in [3.63, 3.8) is 0 Å². The molecule has 0 spiro atoms. The van der Waals surface area contributed by atoms with Gasteiger partial charge >= 0.3 is 5.97 Å². The molecule has 0 saturated heterocycles. The number of carbonyl (C=O) groups excluding carboxylic acids is 2. The molecule has 1 aliphatic rings. The lowest BCUT2D eigenvalue weighted by atomic mass is 9.95. The molecule has 2 heterocycles. The summed E-state index contributed by atoms with van der Waals surface area (Å²) in [6, 6.07) is 0. The fourth-order valence-corrected chi connectivity index (χ4v) is 4.63. The van der Waals surface area contributed by atoms with Gasteiger partial charge in [0.2, 0.25) is 0 Å². The second-order valence-electron chi connectivity index (χ2n) is 5.92. The number of rotatable bonds is 4. The predicted molar refractivity (Wildman–Crippen MR) is 97.9 cm³/mol. The maximum absolute atomic E-state index is 12.8. The number of hydrogen-bond acceptors (Lipinski definition) is 5. The molecule has 6 nitrogen and oxygen atoms in total. The monoisotopic (exact) mass is 381 g/mol. The van der Waals surface area contributed by atoms with Crippen molar-refractivity contribution < 1.29 is 14.3 Å². The van der Waals surface area contributed by atoms with Crippen molar-refractivity contribution in [1.82, 2.24) is 9.78 Å². The third kappa shape index (κ3) is 3.18. The number of hydrogen-bond donors (Lipinski definition) is 1. The Balaban J connectivity index is 1.99. The third-order valence-corrected chi connectivity index (χ3v) is 6.02. The summed E-state index contributed by atoms with van der Waals surface area (Å²) in [6.45, 7) is 4.18. The van der Waals surface area contributed by atoms with Crippen molar-refractivity contribution in [2.24, 2.45) is 0 Å². The first-order chi connectivity index (χ1) is 12.0. The number of aromatic nitrogens is 2. The number of methoxy groups -OCH3 is 1. The molecule has 0 radical (unpaired) electrons. The minimum Gasteiger partial charge on any atom is -0.465 e. The molecule has 25 heavy (non-hydrogen) atoms. The molecule has 0 atom stereocenters. The number of nitrogens with zero attached hydrogens (tertiary/aromatic N) is 2. The first-order valence-electron chi connectivity index (χ1n) is 8.25. The highest BCUT2D eigenvalue weighted by Crippen LogP contribution is 2.39. The van der Waals surface area contributed by atoms with Crippen molar-refractivity contribution in [3.8, 4) is 0 Å². The maximum atomic E-state index is 12.8. The molecule has 134 valence electrons. The van der Waals surface area contributed by atoms with Gasteiger partial charge in [0, 0.05) is 11.4 Å². The number of carbonyl (C=O) groups is 2. The highest BCUT2D eigenvalue weighted by molar-refractivity contribution is 7.17. The Bertz CT molecular complexity index is 841. The highest BCUT2D eigenvalue weighted by atomic mass is 35.5. The van der Waals surface area contributed by atoms with E-state index in [0.29, 0.717) is 33.5 Å². The average molecular weight is 382 g/mol. The lowest BCUT2D eigenvalue weighted by Gasteiger charge is -2.12. The predicted octanol–water partition coefficient (Wildman–Crippen LogP) is 3.84. The van der Waals surface area contributed by atoms with E-state index in [2.05, 4.69) is 10.4 Å². The zero-order chi connectivity index (χ0) is 18.1. The Kier molecular flexibility index (Phi) is 5.15. The third-order valence-electron chi connectivity index (χ3n) is 4.36. The van der Waals surface area contributed by atoms with Gasteiger partial charge in [-0.15, -0.1) is 11.3 Å². The summed E-state index contributed by atoms with van der Waals surface area (Å²) in [7, 11) is 1.35. The quantitative estimate of drug-likeness (QED) is 0.816. The number of fused-ring (bicyclic) bond motifs is 1. The van der Waals surface area contributed by atoms with Gasteiger partial charge in [0.15, 0.2) is 0 Å². The standard InChI is InChI=1S/C17H20ClN3O3S/c1-4-21-14(13(18)9(2)20-21)15(22)19-16-12(17(23)24-3)10-7-5-6-8-11(10)25-16/h4-8H2,1-3H3,(H,19,22). The topological polar surface area (TPSA) is 73.2 Å². The minimum absolute atomic E-state index is 0.309. The lowest BCUT2D eigenvalue weighted by molar-refractivity contribution is 0.0601. The minimum atomic E-state index is -0.416. The molecular formula is C17H20ClN3O3S. The van der Waals surface area contributed by atoms with E-state index < -0.39 is 5.97 Å². The van der Waals surface area contributed by atoms with Crippen LogP contribution in [-0.4, -0.2) is 28.8 Å². The summed E-state index contributed by atoms with van der Waals surface area (Å²) in [5.41, 5.74) is 2.40. The number of amides is 1. The van der Waals surface area contributed by atoms with E-state index in [4.69, 9.17) is 16.3 Å². The summed E-state index contributed by atoms with van der Waals surface area (Å²) >= 11 is 7.70. The molecule has 1 amide bonds. The fraction of sp³-hybridized carbons (Fsp3) is 0.471. The first-order valence-corrected chi connectivity index (χ1v) is 9.44. The van der Waals surface area contributed by atoms with Gasteiger partial charge in [-0.1, -0.05) is 11.6 Å². The smallest absolute Gasteiger partial charge is 0.341 e. The van der Waals surface area contributed by atoms with Crippen LogP contribution in [0.1, 0.15) is 56.7 Å². The van der Waals surface area contributed by atoms with E-state index >= 15 is 0 Å². The van der Waals surface area contributed by atoms with Gasteiger partial charge in [-0.3, -0.25) is 9.48 Å². The maximum Gasteiger partial charge on any atom is 0.341 e. The van der Waals surface area contributed by atoms with Crippen LogP contribution in [0.4, 0.5) is 5.00 Å². The van der Waals surface area contributed by atoms with Crippen molar-refractivity contribution in [2.75, 3.05) is 12.4 Å². The van der Waals surface area contributed by atoms with E-state index in [1.54, 1.807) is 11.6 Å². The van der Waals surface area contributed by atoms with Gasteiger partial charge in [-0.05, 0) is 45.1 Å². The summed E-state index contributed by atoms with van der Waals surface area (Å²) in [5, 5.41) is 7.99. The number of esters is 1. The van der Waals surface area contributed by atoms with Crippen molar-refractivity contribution in [3.05, 3.63) is 32.4 Å². The van der Waals surface area contributed by atoms with Crippen LogP contribution in [0.2, 0.25) is 5.02 Å². The molecule has 0 unspecified atom stereocenters. The molecule has 0 saturated carbocycles. The van der Waals surface area contributed by atoms with Crippen LogP contribution in [0.15, 0.2) is 0 Å². The Morgan fingerprint density at radius 3 is 2.76 bits per heavy atom. The number of nitrogens with one attached hydrogen (secondary N) is 1. The molecule has 0 fully saturated rings. The molecule has 1 N–H and O–H groups in total. The molecule has 8 heteroatoms. The van der Waals surface area contributed by atoms with Crippen molar-refractivity contribution in [1.29, 1.82) is 0 Å². The Morgan fingerprint density at radius 1 is 1.36 bits per heavy atom. The molecule has 2 aromatic heterocycles.